The average molecular weight is 383 g/mol. The van der Waals surface area contributed by atoms with Crippen molar-refractivity contribution in [3.63, 3.8) is 0 Å². The average Bonchev–Trinajstić information content (AvgIpc) is 2.73. The summed E-state index contributed by atoms with van der Waals surface area (Å²) in [5.41, 5.74) is -0.268. The molecule has 1 aromatic rings. The molecule has 0 atom stereocenters. The molecule has 0 unspecified atom stereocenters. The first-order valence-corrected chi connectivity index (χ1v) is 9.22. The molecule has 0 bridgehead atoms. The van der Waals surface area contributed by atoms with E-state index in [2.05, 4.69) is 24.1 Å². The zero-order chi connectivity index (χ0) is 20.4. The van der Waals surface area contributed by atoms with E-state index in [-0.39, 0.29) is 16.7 Å². The van der Waals surface area contributed by atoms with Gasteiger partial charge in [-0.1, -0.05) is 19.9 Å². The maximum Gasteiger partial charge on any atom is 0.418 e. The number of anilines is 1. The Balaban J connectivity index is 2.51. The van der Waals surface area contributed by atoms with Crippen molar-refractivity contribution in [2.75, 3.05) is 18.0 Å². The normalized spacial score (nSPS) is 18.2. The molecule has 1 aliphatic rings. The van der Waals surface area contributed by atoms with E-state index in [1.54, 1.807) is 19.9 Å². The minimum absolute atomic E-state index is 0.0335. The van der Waals surface area contributed by atoms with Crippen molar-refractivity contribution in [2.45, 2.75) is 60.1 Å². The predicted molar refractivity (Wildman–Crippen MR) is 101 cm³/mol. The minimum atomic E-state index is -4.55. The number of nitrogens with zero attached hydrogens (tertiary/aromatic N) is 2. The highest BCUT2D eigenvalue weighted by atomic mass is 19.4. The Kier molecular flexibility index (Phi) is 6.22. The second-order valence-electron chi connectivity index (χ2n) is 7.92. The van der Waals surface area contributed by atoms with Gasteiger partial charge in [0, 0.05) is 18.8 Å². The van der Waals surface area contributed by atoms with E-state index in [0.717, 1.165) is 25.3 Å². The fourth-order valence-electron chi connectivity index (χ4n) is 3.24. The van der Waals surface area contributed by atoms with E-state index in [9.17, 15) is 18.0 Å². The topological polar surface area (TPSA) is 45.2 Å². The number of carbonyl (C=O) groups excluding carboxylic acids is 1. The second kappa shape index (κ2) is 7.90. The lowest BCUT2D eigenvalue weighted by Crippen LogP contribution is -2.31. The third-order valence-electron chi connectivity index (χ3n) is 5.13. The molecule has 0 spiro atoms. The number of alkyl halides is 3. The van der Waals surface area contributed by atoms with Gasteiger partial charge in [-0.2, -0.15) is 13.2 Å². The number of halogens is 3. The van der Waals surface area contributed by atoms with Gasteiger partial charge < -0.3 is 10.2 Å². The van der Waals surface area contributed by atoms with Gasteiger partial charge in [0.2, 0.25) is 0 Å². The molecule has 2 rings (SSSR count). The van der Waals surface area contributed by atoms with Crippen LogP contribution in [-0.4, -0.2) is 24.0 Å². The lowest BCUT2D eigenvalue weighted by molar-refractivity contribution is -0.138. The van der Waals surface area contributed by atoms with Crippen LogP contribution in [0.1, 0.15) is 68.6 Å². The second-order valence-corrected chi connectivity index (χ2v) is 7.92. The van der Waals surface area contributed by atoms with Gasteiger partial charge in [-0.3, -0.25) is 4.79 Å². The Bertz CT molecular complexity index is 739. The third kappa shape index (κ3) is 5.23. The summed E-state index contributed by atoms with van der Waals surface area (Å²) in [6, 6.07) is 0.936. The molecule has 1 amide bonds. The first kappa shape index (κ1) is 21.3. The highest BCUT2D eigenvalue weighted by molar-refractivity contribution is 6.00. The Labute approximate surface area is 158 Å². The number of hydrogen-bond donors (Lipinski definition) is 1. The molecule has 1 aliphatic heterocycles. The lowest BCUT2D eigenvalue weighted by Gasteiger charge is -2.27. The van der Waals surface area contributed by atoms with Crippen LogP contribution in [0.5, 0.6) is 0 Å². The molecule has 0 aromatic carbocycles. The van der Waals surface area contributed by atoms with Gasteiger partial charge in [0.25, 0.3) is 5.91 Å². The van der Waals surface area contributed by atoms with Gasteiger partial charge in [0.15, 0.2) is 0 Å². The summed E-state index contributed by atoms with van der Waals surface area (Å²) in [5, 5.41) is 2.64. The van der Waals surface area contributed by atoms with Gasteiger partial charge in [0.1, 0.15) is 5.82 Å². The molecule has 2 heterocycles. The first-order chi connectivity index (χ1) is 12.4. The van der Waals surface area contributed by atoms with Crippen LogP contribution in [0.15, 0.2) is 17.8 Å². The smallest absolute Gasteiger partial charge is 0.356 e. The van der Waals surface area contributed by atoms with Crippen molar-refractivity contribution < 1.29 is 18.0 Å². The van der Waals surface area contributed by atoms with Gasteiger partial charge in [-0.15, -0.1) is 0 Å². The van der Waals surface area contributed by atoms with E-state index in [0.29, 0.717) is 24.6 Å². The van der Waals surface area contributed by atoms with Crippen LogP contribution in [0.3, 0.4) is 0 Å². The largest absolute Gasteiger partial charge is 0.418 e. The van der Waals surface area contributed by atoms with Crippen molar-refractivity contribution in [1.82, 2.24) is 10.3 Å². The number of allylic oxidation sites excluding steroid dienone is 2. The quantitative estimate of drug-likeness (QED) is 0.792. The molecular weight excluding hydrogens is 355 g/mol. The summed E-state index contributed by atoms with van der Waals surface area (Å²) in [4.78, 5) is 18.9. The molecule has 0 radical (unpaired) electrons. The van der Waals surface area contributed by atoms with Crippen LogP contribution in [0.4, 0.5) is 19.0 Å². The molecule has 0 saturated carbocycles. The van der Waals surface area contributed by atoms with Crippen LogP contribution in [-0.2, 0) is 6.18 Å². The third-order valence-corrected chi connectivity index (χ3v) is 5.13. The summed E-state index contributed by atoms with van der Waals surface area (Å²) < 4.78 is 40.1. The first-order valence-electron chi connectivity index (χ1n) is 9.22. The van der Waals surface area contributed by atoms with E-state index in [1.807, 2.05) is 4.90 Å². The monoisotopic (exact) mass is 383 g/mol. The summed E-state index contributed by atoms with van der Waals surface area (Å²) in [7, 11) is 0. The van der Waals surface area contributed by atoms with Crippen LogP contribution < -0.4 is 10.2 Å². The number of nitrogens with one attached hydrogen (secondary N) is 1. The Morgan fingerprint density at radius 1 is 1.30 bits per heavy atom. The van der Waals surface area contributed by atoms with Crippen molar-refractivity contribution in [3.05, 3.63) is 34.7 Å². The lowest BCUT2D eigenvalue weighted by atomic mass is 9.85. The number of aryl methyl sites for hydroxylation is 1. The molecule has 1 fully saturated rings. The molecule has 7 heteroatoms. The summed E-state index contributed by atoms with van der Waals surface area (Å²) in [6.07, 6.45) is -0.0326. The number of carbonyl (C=O) groups is 1. The summed E-state index contributed by atoms with van der Waals surface area (Å²) in [5.74, 6) is -0.235. The summed E-state index contributed by atoms with van der Waals surface area (Å²) >= 11 is 0. The zero-order valence-electron chi connectivity index (χ0n) is 16.6. The number of amides is 1. The number of aromatic nitrogens is 1. The highest BCUT2D eigenvalue weighted by Gasteiger charge is 2.36. The van der Waals surface area contributed by atoms with Crippen LogP contribution >= 0.6 is 0 Å². The van der Waals surface area contributed by atoms with E-state index >= 15 is 0 Å². The number of pyridine rings is 1. The molecule has 1 saturated heterocycles. The molecule has 1 aromatic heterocycles. The van der Waals surface area contributed by atoms with Crippen LogP contribution in [0.25, 0.3) is 0 Å². The van der Waals surface area contributed by atoms with Crippen molar-refractivity contribution in [1.29, 1.82) is 0 Å². The van der Waals surface area contributed by atoms with Gasteiger partial charge in [-0.25, -0.2) is 4.98 Å². The number of rotatable bonds is 3. The van der Waals surface area contributed by atoms with Crippen LogP contribution in [0.2, 0.25) is 0 Å². The Hall–Kier alpha value is -2.05. The minimum Gasteiger partial charge on any atom is -0.356 e. The zero-order valence-corrected chi connectivity index (χ0v) is 16.6. The fraction of sp³-hybridized carbons (Fsp3) is 0.600. The van der Waals surface area contributed by atoms with Gasteiger partial charge in [0.05, 0.1) is 16.8 Å². The van der Waals surface area contributed by atoms with E-state index < -0.39 is 17.6 Å². The van der Waals surface area contributed by atoms with Crippen molar-refractivity contribution in [2.24, 2.45) is 5.41 Å². The predicted octanol–water partition coefficient (Wildman–Crippen LogP) is 5.08. The SMILES string of the molecule is C/C=C(\C)NC(=O)c1cc(C(F)(F)F)c(C)nc1N1CCCC(C)(C)CC1. The van der Waals surface area contributed by atoms with E-state index in [4.69, 9.17) is 0 Å². The molecule has 27 heavy (non-hydrogen) atoms. The molecule has 4 nitrogen and oxygen atoms in total. The molecular formula is C20H28F3N3O. The molecule has 1 N–H and O–H groups in total. The van der Waals surface area contributed by atoms with Crippen molar-refractivity contribution >= 4 is 11.7 Å². The van der Waals surface area contributed by atoms with Gasteiger partial charge in [-0.05, 0) is 51.5 Å². The van der Waals surface area contributed by atoms with Gasteiger partial charge >= 0.3 is 6.18 Å². The summed E-state index contributed by atoms with van der Waals surface area (Å²) in [6.45, 7) is 10.5. The number of hydrogen-bond acceptors (Lipinski definition) is 3. The van der Waals surface area contributed by atoms with E-state index in [1.165, 1.54) is 6.92 Å². The van der Waals surface area contributed by atoms with Crippen molar-refractivity contribution in [3.8, 4) is 0 Å². The maximum atomic E-state index is 13.4. The van der Waals surface area contributed by atoms with Crippen LogP contribution in [0, 0.1) is 12.3 Å². The Morgan fingerprint density at radius 3 is 2.56 bits per heavy atom. The highest BCUT2D eigenvalue weighted by Crippen LogP contribution is 2.36. The Morgan fingerprint density at radius 2 is 1.96 bits per heavy atom. The fourth-order valence-corrected chi connectivity index (χ4v) is 3.24. The standard InChI is InChI=1S/C20H28F3N3O/c1-6-13(2)24-18(27)15-12-16(20(21,22)23)14(3)25-17(15)26-10-7-8-19(4,5)9-11-26/h6,12H,7-11H2,1-5H3,(H,24,27)/b13-6+. The molecule has 150 valence electrons. The molecule has 0 aliphatic carbocycles. The maximum absolute atomic E-state index is 13.4.